The molecule has 0 saturated heterocycles. The molecule has 2 heterocycles. The van der Waals surface area contributed by atoms with E-state index < -0.39 is 0 Å². The van der Waals surface area contributed by atoms with Crippen LogP contribution in [0.1, 0.15) is 10.4 Å². The maximum absolute atomic E-state index is 5.66. The minimum atomic E-state index is 0.765. The number of hydrogen-bond acceptors (Lipinski definition) is 3. The van der Waals surface area contributed by atoms with Crippen LogP contribution in [-0.4, -0.2) is 0 Å². The van der Waals surface area contributed by atoms with Gasteiger partial charge in [0.25, 0.3) is 0 Å². The lowest BCUT2D eigenvalue weighted by Crippen LogP contribution is -1.82. The van der Waals surface area contributed by atoms with Crippen molar-refractivity contribution < 1.29 is 0 Å². The van der Waals surface area contributed by atoms with E-state index >= 15 is 0 Å². The first kappa shape index (κ1) is 13.7. The highest BCUT2D eigenvalue weighted by Crippen LogP contribution is 2.33. The van der Waals surface area contributed by atoms with Crippen molar-refractivity contribution in [3.8, 4) is 21.6 Å². The molecule has 3 aromatic rings. The Kier molecular flexibility index (Phi) is 4.10. The van der Waals surface area contributed by atoms with Crippen molar-refractivity contribution in [2.75, 3.05) is 5.73 Å². The lowest BCUT2D eigenvalue weighted by molar-refractivity contribution is 1.63. The Hall–Kier alpha value is -1.29. The van der Waals surface area contributed by atoms with Gasteiger partial charge in [-0.3, -0.25) is 0 Å². The zero-order valence-corrected chi connectivity index (χ0v) is 14.2. The van der Waals surface area contributed by atoms with Gasteiger partial charge in [0.1, 0.15) is 0 Å². The van der Waals surface area contributed by atoms with E-state index in [1.807, 2.05) is 24.3 Å². The first-order chi connectivity index (χ1) is 9.70. The summed E-state index contributed by atoms with van der Waals surface area (Å²) in [5.41, 5.74) is 7.41. The van der Waals surface area contributed by atoms with Crippen LogP contribution in [0.2, 0.25) is 0 Å². The van der Waals surface area contributed by atoms with Gasteiger partial charge >= 0.3 is 0 Å². The van der Waals surface area contributed by atoms with Crippen molar-refractivity contribution >= 4 is 51.0 Å². The van der Waals surface area contributed by atoms with Gasteiger partial charge in [0, 0.05) is 21.0 Å². The van der Waals surface area contributed by atoms with E-state index in [1.54, 1.807) is 22.7 Å². The van der Waals surface area contributed by atoms with Crippen LogP contribution < -0.4 is 5.73 Å². The quantitative estimate of drug-likeness (QED) is 0.341. The molecule has 0 amide bonds. The first-order valence-corrected chi connectivity index (χ1v) is 8.65. The third-order valence-corrected chi connectivity index (χ3v) is 5.75. The third kappa shape index (κ3) is 3.23. The summed E-state index contributed by atoms with van der Waals surface area (Å²) >= 11 is 5.88. The van der Waals surface area contributed by atoms with Gasteiger partial charge in [-0.2, -0.15) is 0 Å². The van der Waals surface area contributed by atoms with Gasteiger partial charge in [0.2, 0.25) is 0 Å². The molecule has 0 bridgehead atoms. The van der Waals surface area contributed by atoms with Crippen LogP contribution in [0.15, 0.2) is 48.5 Å². The predicted octanol–water partition coefficient (Wildman–Crippen LogP) is 5.06. The summed E-state index contributed by atoms with van der Waals surface area (Å²) in [5, 5.41) is 0. The molecule has 0 radical (unpaired) electrons. The fourth-order valence-electron chi connectivity index (χ4n) is 1.68. The molecule has 0 aliphatic heterocycles. The summed E-state index contributed by atoms with van der Waals surface area (Å²) in [7, 11) is 0. The second kappa shape index (κ2) is 6.00. The van der Waals surface area contributed by atoms with Crippen LogP contribution >= 0.6 is 45.3 Å². The second-order valence-corrected chi connectivity index (χ2v) is 8.20. The number of nitrogen functional groups attached to an aromatic ring is 1. The third-order valence-electron chi connectivity index (χ3n) is 2.66. The van der Waals surface area contributed by atoms with Gasteiger partial charge in [-0.05, 0) is 71.1 Å². The van der Waals surface area contributed by atoms with Gasteiger partial charge in [-0.25, -0.2) is 0 Å². The van der Waals surface area contributed by atoms with Crippen LogP contribution in [0.3, 0.4) is 0 Å². The van der Waals surface area contributed by atoms with Crippen molar-refractivity contribution in [1.29, 1.82) is 0 Å². The minimum Gasteiger partial charge on any atom is -0.399 e. The van der Waals surface area contributed by atoms with E-state index in [-0.39, 0.29) is 0 Å². The Balaban J connectivity index is 1.83. The fourth-order valence-corrected chi connectivity index (χ4v) is 4.26. The van der Waals surface area contributed by atoms with Crippen molar-refractivity contribution in [1.82, 2.24) is 0 Å². The highest BCUT2D eigenvalue weighted by molar-refractivity contribution is 14.1. The molecule has 1 nitrogen and oxygen atoms in total. The fraction of sp³-hybridized carbons (Fsp3) is 0. The molecule has 20 heavy (non-hydrogen) atoms. The summed E-state index contributed by atoms with van der Waals surface area (Å²) in [6.07, 6.45) is 0. The molecule has 0 atom stereocenters. The van der Waals surface area contributed by atoms with E-state index in [1.165, 1.54) is 12.6 Å². The maximum Gasteiger partial charge on any atom is 0.0779 e. The molecular weight excluding hydrogens is 397 g/mol. The van der Waals surface area contributed by atoms with Gasteiger partial charge < -0.3 is 5.73 Å². The summed E-state index contributed by atoms with van der Waals surface area (Å²) in [4.78, 5) is 3.67. The number of hydrogen-bond donors (Lipinski definition) is 1. The average molecular weight is 407 g/mol. The molecule has 0 spiro atoms. The second-order valence-electron chi connectivity index (χ2n) is 4.14. The maximum atomic E-state index is 5.66. The topological polar surface area (TPSA) is 26.0 Å². The van der Waals surface area contributed by atoms with Crippen molar-refractivity contribution in [3.05, 3.63) is 61.9 Å². The van der Waals surface area contributed by atoms with Crippen LogP contribution in [0.5, 0.6) is 0 Å². The highest BCUT2D eigenvalue weighted by Gasteiger charge is 2.04. The molecule has 98 valence electrons. The lowest BCUT2D eigenvalue weighted by Gasteiger charge is -1.91. The number of thiophene rings is 2. The minimum absolute atomic E-state index is 0.765. The van der Waals surface area contributed by atoms with Crippen LogP contribution in [0.25, 0.3) is 9.75 Å². The summed E-state index contributed by atoms with van der Waals surface area (Å²) in [6.45, 7) is 0. The van der Waals surface area contributed by atoms with Crippen molar-refractivity contribution in [2.45, 2.75) is 0 Å². The number of rotatable bonds is 1. The van der Waals surface area contributed by atoms with Crippen molar-refractivity contribution in [2.24, 2.45) is 0 Å². The highest BCUT2D eigenvalue weighted by atomic mass is 127. The molecule has 4 heteroatoms. The summed E-state index contributed by atoms with van der Waals surface area (Å²) in [5.74, 6) is 6.37. The van der Waals surface area contributed by atoms with E-state index in [9.17, 15) is 0 Å². The standard InChI is InChI=1S/C16H10INS2/c17-16-10-9-15(20-16)14-8-7-13(19-14)6-3-11-1-4-12(18)5-2-11/h1-2,4-5,7-10H,18H2. The van der Waals surface area contributed by atoms with E-state index in [0.29, 0.717) is 0 Å². The van der Waals surface area contributed by atoms with Gasteiger partial charge in [-0.1, -0.05) is 11.8 Å². The molecule has 0 saturated carbocycles. The summed E-state index contributed by atoms with van der Waals surface area (Å²) in [6, 6.07) is 16.2. The molecule has 2 N–H and O–H groups in total. The Morgan fingerprint density at radius 2 is 1.50 bits per heavy atom. The Bertz CT molecular complexity index is 788. The average Bonchev–Trinajstić information content (AvgIpc) is 3.07. The molecule has 0 fully saturated rings. The molecule has 0 aliphatic carbocycles. The number of nitrogens with two attached hydrogens (primary N) is 1. The van der Waals surface area contributed by atoms with Crippen LogP contribution in [0, 0.1) is 14.7 Å². The molecular formula is C16H10INS2. The smallest absolute Gasteiger partial charge is 0.0779 e. The zero-order valence-electron chi connectivity index (χ0n) is 10.4. The Labute approximate surface area is 139 Å². The monoisotopic (exact) mass is 407 g/mol. The Morgan fingerprint density at radius 1 is 0.800 bits per heavy atom. The largest absolute Gasteiger partial charge is 0.399 e. The number of anilines is 1. The Morgan fingerprint density at radius 3 is 2.20 bits per heavy atom. The molecule has 0 aliphatic rings. The number of benzene rings is 1. The van der Waals surface area contributed by atoms with E-state index in [4.69, 9.17) is 5.73 Å². The van der Waals surface area contributed by atoms with Crippen LogP contribution in [-0.2, 0) is 0 Å². The summed E-state index contributed by atoms with van der Waals surface area (Å²) < 4.78 is 1.31. The predicted molar refractivity (Wildman–Crippen MR) is 97.2 cm³/mol. The molecule has 3 rings (SSSR count). The first-order valence-electron chi connectivity index (χ1n) is 5.94. The van der Waals surface area contributed by atoms with E-state index in [0.717, 1.165) is 16.1 Å². The molecule has 1 aromatic carbocycles. The zero-order chi connectivity index (χ0) is 13.9. The molecule has 2 aromatic heterocycles. The van der Waals surface area contributed by atoms with E-state index in [2.05, 4.69) is 58.7 Å². The SMILES string of the molecule is Nc1ccc(C#Cc2ccc(-c3ccc(I)s3)s2)cc1. The van der Waals surface area contributed by atoms with Gasteiger partial charge in [0.05, 0.1) is 7.76 Å². The number of halogens is 1. The molecule has 0 unspecified atom stereocenters. The van der Waals surface area contributed by atoms with Crippen molar-refractivity contribution in [3.63, 3.8) is 0 Å². The lowest BCUT2D eigenvalue weighted by atomic mass is 10.2. The van der Waals surface area contributed by atoms with Gasteiger partial charge in [-0.15, -0.1) is 22.7 Å². The van der Waals surface area contributed by atoms with Crippen LogP contribution in [0.4, 0.5) is 5.69 Å². The van der Waals surface area contributed by atoms with Gasteiger partial charge in [0.15, 0.2) is 0 Å². The normalized spacial score (nSPS) is 10.1.